The Labute approximate surface area is 127 Å². The fourth-order valence-corrected chi connectivity index (χ4v) is 2.80. The number of aromatic nitrogens is 1. The molecular weight excluding hydrogens is 262 g/mol. The van der Waals surface area contributed by atoms with Crippen molar-refractivity contribution in [1.82, 2.24) is 10.3 Å². The van der Waals surface area contributed by atoms with E-state index < -0.39 is 0 Å². The lowest BCUT2D eigenvalue weighted by Crippen LogP contribution is -2.28. The molecular formula is C17H27N3O. The van der Waals surface area contributed by atoms with Gasteiger partial charge < -0.3 is 10.6 Å². The van der Waals surface area contributed by atoms with E-state index in [9.17, 15) is 4.79 Å². The highest BCUT2D eigenvalue weighted by molar-refractivity contribution is 5.95. The van der Waals surface area contributed by atoms with Gasteiger partial charge in [-0.25, -0.2) is 4.98 Å². The Balaban J connectivity index is 2.00. The van der Waals surface area contributed by atoms with Crippen molar-refractivity contribution >= 4 is 11.7 Å². The van der Waals surface area contributed by atoms with E-state index in [0.717, 1.165) is 43.0 Å². The summed E-state index contributed by atoms with van der Waals surface area (Å²) in [7, 11) is 0. The fraction of sp³-hybridized carbons (Fsp3) is 0.647. The minimum Gasteiger partial charge on any atom is -0.370 e. The largest absolute Gasteiger partial charge is 0.370 e. The molecule has 2 rings (SSSR count). The Kier molecular flexibility index (Phi) is 6.03. The Hall–Kier alpha value is -1.58. The van der Waals surface area contributed by atoms with Crippen LogP contribution in [0.3, 0.4) is 0 Å². The maximum absolute atomic E-state index is 12.3. The molecule has 1 aromatic rings. The normalized spacial score (nSPS) is 15.1. The molecule has 0 spiro atoms. The third-order valence-electron chi connectivity index (χ3n) is 4.08. The monoisotopic (exact) mass is 289 g/mol. The van der Waals surface area contributed by atoms with Crippen LogP contribution >= 0.6 is 0 Å². The predicted octanol–water partition coefficient (Wildman–Crippen LogP) is 3.39. The van der Waals surface area contributed by atoms with Gasteiger partial charge in [-0.2, -0.15) is 0 Å². The van der Waals surface area contributed by atoms with Crippen LogP contribution in [-0.2, 0) is 6.42 Å². The summed E-state index contributed by atoms with van der Waals surface area (Å²) >= 11 is 0. The second kappa shape index (κ2) is 8.01. The maximum atomic E-state index is 12.3. The molecule has 2 N–H and O–H groups in total. The van der Waals surface area contributed by atoms with E-state index in [1.165, 1.54) is 25.7 Å². The van der Waals surface area contributed by atoms with Crippen LogP contribution in [0.15, 0.2) is 12.1 Å². The number of aryl methyl sites for hydroxylation is 1. The zero-order valence-electron chi connectivity index (χ0n) is 13.2. The lowest BCUT2D eigenvalue weighted by molar-refractivity contribution is 0.0947. The van der Waals surface area contributed by atoms with E-state index in [1.807, 2.05) is 12.1 Å². The van der Waals surface area contributed by atoms with Crippen LogP contribution in [0.25, 0.3) is 0 Å². The molecule has 21 heavy (non-hydrogen) atoms. The first-order valence-corrected chi connectivity index (χ1v) is 8.26. The summed E-state index contributed by atoms with van der Waals surface area (Å²) < 4.78 is 0. The van der Waals surface area contributed by atoms with E-state index in [0.29, 0.717) is 5.92 Å². The smallest absolute Gasteiger partial charge is 0.251 e. The van der Waals surface area contributed by atoms with Gasteiger partial charge in [-0.1, -0.05) is 26.7 Å². The molecule has 4 nitrogen and oxygen atoms in total. The van der Waals surface area contributed by atoms with E-state index in [1.54, 1.807) is 0 Å². The number of carbonyl (C=O) groups is 1. The molecule has 116 valence electrons. The second-order valence-electron chi connectivity index (χ2n) is 5.87. The lowest BCUT2D eigenvalue weighted by atomic mass is 10.1. The summed E-state index contributed by atoms with van der Waals surface area (Å²) in [5, 5.41) is 6.35. The first-order valence-electron chi connectivity index (χ1n) is 8.26. The van der Waals surface area contributed by atoms with Gasteiger partial charge in [0.15, 0.2) is 0 Å². The van der Waals surface area contributed by atoms with E-state index in [2.05, 4.69) is 29.5 Å². The Morgan fingerprint density at radius 3 is 2.71 bits per heavy atom. The van der Waals surface area contributed by atoms with Crippen molar-refractivity contribution in [3.05, 3.63) is 23.4 Å². The minimum absolute atomic E-state index is 0.0264. The van der Waals surface area contributed by atoms with Crippen LogP contribution in [0.4, 0.5) is 5.82 Å². The molecule has 1 heterocycles. The van der Waals surface area contributed by atoms with E-state index in [-0.39, 0.29) is 5.91 Å². The Morgan fingerprint density at radius 2 is 2.05 bits per heavy atom. The quantitative estimate of drug-likeness (QED) is 0.809. The number of hydrogen-bond acceptors (Lipinski definition) is 3. The standard InChI is InChI=1S/C17H27N3O/c1-3-9-18-16-11-14(10-15(4-2)20-16)17(21)19-12-13-7-5-6-8-13/h10-11,13H,3-9,12H2,1-2H3,(H,18,20)(H,19,21). The predicted molar refractivity (Wildman–Crippen MR) is 86.7 cm³/mol. The molecule has 1 aliphatic rings. The molecule has 0 bridgehead atoms. The highest BCUT2D eigenvalue weighted by Gasteiger charge is 2.16. The molecule has 1 saturated carbocycles. The van der Waals surface area contributed by atoms with Gasteiger partial charge in [0, 0.05) is 24.3 Å². The Morgan fingerprint density at radius 1 is 1.29 bits per heavy atom. The number of amides is 1. The number of anilines is 1. The van der Waals surface area contributed by atoms with E-state index >= 15 is 0 Å². The van der Waals surface area contributed by atoms with Crippen LogP contribution in [0.1, 0.15) is 62.0 Å². The molecule has 0 saturated heterocycles. The van der Waals surface area contributed by atoms with Gasteiger partial charge in [-0.3, -0.25) is 4.79 Å². The van der Waals surface area contributed by atoms with Crippen molar-refractivity contribution in [2.75, 3.05) is 18.4 Å². The summed E-state index contributed by atoms with van der Waals surface area (Å²) in [5.74, 6) is 1.50. The summed E-state index contributed by atoms with van der Waals surface area (Å²) in [6, 6.07) is 3.76. The van der Waals surface area contributed by atoms with Gasteiger partial charge in [-0.15, -0.1) is 0 Å². The average Bonchev–Trinajstić information content (AvgIpc) is 3.03. The highest BCUT2D eigenvalue weighted by Crippen LogP contribution is 2.23. The van der Waals surface area contributed by atoms with Gasteiger partial charge in [0.25, 0.3) is 5.91 Å². The van der Waals surface area contributed by atoms with Crippen molar-refractivity contribution in [1.29, 1.82) is 0 Å². The van der Waals surface area contributed by atoms with Gasteiger partial charge >= 0.3 is 0 Å². The molecule has 1 fully saturated rings. The SMILES string of the molecule is CCCNc1cc(C(=O)NCC2CCCC2)cc(CC)n1. The number of rotatable bonds is 7. The van der Waals surface area contributed by atoms with Crippen molar-refractivity contribution < 1.29 is 4.79 Å². The van der Waals surface area contributed by atoms with Gasteiger partial charge in [0.2, 0.25) is 0 Å². The summed E-state index contributed by atoms with van der Waals surface area (Å²) in [6.45, 7) is 5.86. The van der Waals surface area contributed by atoms with E-state index in [4.69, 9.17) is 0 Å². The zero-order valence-corrected chi connectivity index (χ0v) is 13.2. The van der Waals surface area contributed by atoms with Crippen LogP contribution in [0.2, 0.25) is 0 Å². The van der Waals surface area contributed by atoms with Crippen LogP contribution in [0, 0.1) is 5.92 Å². The highest BCUT2D eigenvalue weighted by atomic mass is 16.1. The average molecular weight is 289 g/mol. The van der Waals surface area contributed by atoms with Crippen molar-refractivity contribution in [3.8, 4) is 0 Å². The van der Waals surface area contributed by atoms with Crippen LogP contribution < -0.4 is 10.6 Å². The van der Waals surface area contributed by atoms with Crippen molar-refractivity contribution in [3.63, 3.8) is 0 Å². The molecule has 1 amide bonds. The van der Waals surface area contributed by atoms with Crippen LogP contribution in [-0.4, -0.2) is 24.0 Å². The molecule has 4 heteroatoms. The van der Waals surface area contributed by atoms with Gasteiger partial charge in [0.1, 0.15) is 5.82 Å². The van der Waals surface area contributed by atoms with Crippen molar-refractivity contribution in [2.45, 2.75) is 52.4 Å². The summed E-state index contributed by atoms with van der Waals surface area (Å²) in [4.78, 5) is 16.8. The van der Waals surface area contributed by atoms with Gasteiger partial charge in [-0.05, 0) is 43.7 Å². The maximum Gasteiger partial charge on any atom is 0.251 e. The molecule has 0 radical (unpaired) electrons. The number of carbonyl (C=O) groups excluding carboxylic acids is 1. The molecule has 0 atom stereocenters. The molecule has 0 aromatic carbocycles. The number of hydrogen-bond donors (Lipinski definition) is 2. The minimum atomic E-state index is 0.0264. The summed E-state index contributed by atoms with van der Waals surface area (Å²) in [5.41, 5.74) is 1.68. The fourth-order valence-electron chi connectivity index (χ4n) is 2.80. The third kappa shape index (κ3) is 4.73. The first-order chi connectivity index (χ1) is 10.2. The topological polar surface area (TPSA) is 54.0 Å². The summed E-state index contributed by atoms with van der Waals surface area (Å²) in [6.07, 6.45) is 6.99. The zero-order chi connectivity index (χ0) is 15.1. The van der Waals surface area contributed by atoms with Crippen LogP contribution in [0.5, 0.6) is 0 Å². The Bertz CT molecular complexity index is 467. The molecule has 1 aromatic heterocycles. The number of pyridine rings is 1. The number of nitrogens with zero attached hydrogens (tertiary/aromatic N) is 1. The lowest BCUT2D eigenvalue weighted by Gasteiger charge is -2.12. The number of nitrogens with one attached hydrogen (secondary N) is 2. The van der Waals surface area contributed by atoms with Crippen molar-refractivity contribution in [2.24, 2.45) is 5.92 Å². The molecule has 0 aliphatic heterocycles. The first kappa shape index (κ1) is 15.8. The van der Waals surface area contributed by atoms with Gasteiger partial charge in [0.05, 0.1) is 0 Å². The third-order valence-corrected chi connectivity index (χ3v) is 4.08. The molecule has 0 unspecified atom stereocenters. The molecule has 1 aliphatic carbocycles. The second-order valence-corrected chi connectivity index (χ2v) is 5.87.